The highest BCUT2D eigenvalue weighted by Gasteiger charge is 2.26. The second-order valence-corrected chi connectivity index (χ2v) is 7.61. The molecule has 1 aromatic rings. The monoisotopic (exact) mass is 304 g/mol. The zero-order valence-electron chi connectivity index (χ0n) is 14.3. The van der Waals surface area contributed by atoms with Crippen LogP contribution >= 0.6 is 0 Å². The van der Waals surface area contributed by atoms with Crippen molar-refractivity contribution in [1.82, 2.24) is 0 Å². The summed E-state index contributed by atoms with van der Waals surface area (Å²) in [7, 11) is 0. The Bertz CT molecular complexity index is 528. The van der Waals surface area contributed by atoms with Gasteiger partial charge in [-0.2, -0.15) is 0 Å². The molecule has 0 aliphatic rings. The minimum Gasteiger partial charge on any atom is -0.507 e. The average Bonchev–Trinajstić information content (AvgIpc) is 2.35. The Hall–Kier alpha value is -1.84. The summed E-state index contributed by atoms with van der Waals surface area (Å²) < 4.78 is 0. The van der Waals surface area contributed by atoms with Gasteiger partial charge >= 0.3 is 0 Å². The number of rotatable bonds is 4. The molecule has 0 bridgehead atoms. The SMILES string of the molecule is CC(C)(C)c1cc(NC(=O)CC[C]=O)cc(C(C)(C)C)c1O. The highest BCUT2D eigenvalue weighted by atomic mass is 16.3. The maximum atomic E-state index is 11.8. The van der Waals surface area contributed by atoms with Crippen molar-refractivity contribution in [2.75, 3.05) is 5.32 Å². The number of amides is 1. The van der Waals surface area contributed by atoms with Gasteiger partial charge in [0, 0.05) is 29.7 Å². The molecule has 0 atom stereocenters. The van der Waals surface area contributed by atoms with Crippen LogP contribution < -0.4 is 5.32 Å². The maximum absolute atomic E-state index is 11.8. The number of carbonyl (C=O) groups excluding carboxylic acids is 2. The molecule has 1 amide bonds. The number of phenolic OH excluding ortho intramolecular Hbond substituents is 1. The molecule has 2 N–H and O–H groups in total. The summed E-state index contributed by atoms with van der Waals surface area (Å²) in [6.45, 7) is 12.1. The summed E-state index contributed by atoms with van der Waals surface area (Å²) in [6, 6.07) is 3.60. The van der Waals surface area contributed by atoms with Gasteiger partial charge in [0.25, 0.3) is 0 Å². The molecule has 1 aromatic carbocycles. The zero-order valence-corrected chi connectivity index (χ0v) is 14.3. The lowest BCUT2D eigenvalue weighted by atomic mass is 9.79. The fraction of sp³-hybridized carbons (Fsp3) is 0.556. The van der Waals surface area contributed by atoms with Gasteiger partial charge in [0.1, 0.15) is 5.75 Å². The van der Waals surface area contributed by atoms with Crippen LogP contribution in [0.15, 0.2) is 12.1 Å². The van der Waals surface area contributed by atoms with Crippen molar-refractivity contribution in [3.8, 4) is 5.75 Å². The maximum Gasteiger partial charge on any atom is 0.224 e. The van der Waals surface area contributed by atoms with E-state index in [0.29, 0.717) is 5.69 Å². The van der Waals surface area contributed by atoms with Gasteiger partial charge in [-0.25, -0.2) is 0 Å². The number of carbonyl (C=O) groups is 1. The van der Waals surface area contributed by atoms with E-state index in [1.54, 1.807) is 18.4 Å². The predicted octanol–water partition coefficient (Wildman–Crippen LogP) is 3.82. The number of hydrogen-bond acceptors (Lipinski definition) is 3. The Kier molecular flexibility index (Phi) is 5.39. The van der Waals surface area contributed by atoms with E-state index in [1.807, 2.05) is 41.5 Å². The van der Waals surface area contributed by atoms with Gasteiger partial charge < -0.3 is 10.4 Å². The Morgan fingerprint density at radius 2 is 1.55 bits per heavy atom. The van der Waals surface area contributed by atoms with Crippen LogP contribution in [-0.2, 0) is 20.4 Å². The predicted molar refractivity (Wildman–Crippen MR) is 89.1 cm³/mol. The van der Waals surface area contributed by atoms with Crippen LogP contribution in [0.1, 0.15) is 65.5 Å². The molecule has 0 saturated heterocycles. The fourth-order valence-corrected chi connectivity index (χ4v) is 2.24. The highest BCUT2D eigenvalue weighted by Crippen LogP contribution is 2.41. The number of phenols is 1. The molecule has 22 heavy (non-hydrogen) atoms. The molecule has 0 heterocycles. The second-order valence-electron chi connectivity index (χ2n) is 7.61. The number of hydrogen-bond donors (Lipinski definition) is 2. The largest absolute Gasteiger partial charge is 0.507 e. The van der Waals surface area contributed by atoms with Gasteiger partial charge in [-0.15, -0.1) is 0 Å². The topological polar surface area (TPSA) is 66.4 Å². The van der Waals surface area contributed by atoms with Crippen LogP contribution in [0.25, 0.3) is 0 Å². The van der Waals surface area contributed by atoms with Crippen molar-refractivity contribution in [3.63, 3.8) is 0 Å². The third-order valence-electron chi connectivity index (χ3n) is 3.46. The van der Waals surface area contributed by atoms with E-state index in [2.05, 4.69) is 5.32 Å². The van der Waals surface area contributed by atoms with Gasteiger partial charge in [-0.1, -0.05) is 41.5 Å². The quantitative estimate of drug-likeness (QED) is 0.831. The lowest BCUT2D eigenvalue weighted by Crippen LogP contribution is -2.19. The molecule has 0 fully saturated rings. The molecule has 0 spiro atoms. The first kappa shape index (κ1) is 18.2. The molecule has 0 aliphatic carbocycles. The third-order valence-corrected chi connectivity index (χ3v) is 3.46. The highest BCUT2D eigenvalue weighted by molar-refractivity contribution is 5.92. The molecule has 0 aromatic heterocycles. The van der Waals surface area contributed by atoms with E-state index in [-0.39, 0.29) is 35.3 Å². The molecule has 0 unspecified atom stereocenters. The van der Waals surface area contributed by atoms with Crippen LogP contribution in [0.4, 0.5) is 5.69 Å². The van der Waals surface area contributed by atoms with Gasteiger partial charge in [0.05, 0.1) is 0 Å². The minimum atomic E-state index is -0.249. The lowest BCUT2D eigenvalue weighted by Gasteiger charge is -2.28. The molecule has 0 aliphatic heterocycles. The molecular formula is C18H26NO3. The number of nitrogens with one attached hydrogen (secondary N) is 1. The smallest absolute Gasteiger partial charge is 0.224 e. The lowest BCUT2D eigenvalue weighted by molar-refractivity contribution is -0.116. The van der Waals surface area contributed by atoms with Crippen molar-refractivity contribution in [3.05, 3.63) is 23.3 Å². The van der Waals surface area contributed by atoms with Crippen molar-refractivity contribution in [2.45, 2.75) is 65.2 Å². The normalized spacial score (nSPS) is 12.1. The molecule has 1 rings (SSSR count). The van der Waals surface area contributed by atoms with Crippen molar-refractivity contribution in [1.29, 1.82) is 0 Å². The first-order chi connectivity index (χ1) is 9.96. The second kappa shape index (κ2) is 6.51. The summed E-state index contributed by atoms with van der Waals surface area (Å²) in [5.74, 6) is 0.0491. The van der Waals surface area contributed by atoms with E-state index < -0.39 is 0 Å². The molecule has 121 valence electrons. The number of aromatic hydroxyl groups is 1. The first-order valence-electron chi connectivity index (χ1n) is 7.49. The zero-order chi connectivity index (χ0) is 17.1. The van der Waals surface area contributed by atoms with Crippen LogP contribution in [-0.4, -0.2) is 17.3 Å². The minimum absolute atomic E-state index is 0.0855. The third kappa shape index (κ3) is 4.58. The van der Waals surface area contributed by atoms with Gasteiger partial charge in [-0.3, -0.25) is 9.59 Å². The first-order valence-corrected chi connectivity index (χ1v) is 7.49. The van der Waals surface area contributed by atoms with E-state index in [4.69, 9.17) is 0 Å². The summed E-state index contributed by atoms with van der Waals surface area (Å²) in [4.78, 5) is 22.1. The Balaban J connectivity index is 3.29. The van der Waals surface area contributed by atoms with Gasteiger partial charge in [0.2, 0.25) is 5.91 Å². The Morgan fingerprint density at radius 3 is 1.91 bits per heavy atom. The molecule has 4 heteroatoms. The summed E-state index contributed by atoms with van der Waals surface area (Å²) in [5.41, 5.74) is 1.72. The molecule has 0 saturated carbocycles. The molecular weight excluding hydrogens is 278 g/mol. The van der Waals surface area contributed by atoms with Crippen LogP contribution in [0.3, 0.4) is 0 Å². The average molecular weight is 304 g/mol. The Morgan fingerprint density at radius 1 is 1.09 bits per heavy atom. The van der Waals surface area contributed by atoms with Gasteiger partial charge in [0.15, 0.2) is 6.29 Å². The van der Waals surface area contributed by atoms with Crippen molar-refractivity contribution < 1.29 is 14.7 Å². The van der Waals surface area contributed by atoms with Crippen molar-refractivity contribution in [2.24, 2.45) is 0 Å². The van der Waals surface area contributed by atoms with Crippen molar-refractivity contribution >= 4 is 17.9 Å². The summed E-state index contributed by atoms with van der Waals surface area (Å²) >= 11 is 0. The number of anilines is 1. The number of benzene rings is 1. The van der Waals surface area contributed by atoms with Crippen LogP contribution in [0.5, 0.6) is 5.75 Å². The standard InChI is InChI=1S/C18H26NO3/c1-17(2,3)13-10-12(19-15(21)8-7-9-20)11-14(16(13)22)18(4,5)6/h10-11,22H,7-8H2,1-6H3,(H,19,21). The Labute approximate surface area is 132 Å². The van der Waals surface area contributed by atoms with Gasteiger partial charge in [-0.05, 0) is 23.0 Å². The fourth-order valence-electron chi connectivity index (χ4n) is 2.24. The van der Waals surface area contributed by atoms with E-state index >= 15 is 0 Å². The van der Waals surface area contributed by atoms with Crippen LogP contribution in [0, 0.1) is 0 Å². The van der Waals surface area contributed by atoms with E-state index in [1.165, 1.54) is 0 Å². The van der Waals surface area contributed by atoms with E-state index in [9.17, 15) is 14.7 Å². The summed E-state index contributed by atoms with van der Waals surface area (Å²) in [6.07, 6.45) is 1.91. The summed E-state index contributed by atoms with van der Waals surface area (Å²) in [5, 5.41) is 13.4. The molecule has 1 radical (unpaired) electrons. The molecule has 4 nitrogen and oxygen atoms in total. The van der Waals surface area contributed by atoms with E-state index in [0.717, 1.165) is 11.1 Å². The van der Waals surface area contributed by atoms with Crippen LogP contribution in [0.2, 0.25) is 0 Å².